The number of carboxylic acid groups (broad SMARTS) is 1. The maximum absolute atomic E-state index is 12.4. The van der Waals surface area contributed by atoms with Gasteiger partial charge in [0, 0.05) is 18.1 Å². The number of carbonyl (C=O) groups excluding carboxylic acids is 1. The molecule has 0 spiro atoms. The van der Waals surface area contributed by atoms with Gasteiger partial charge in [-0.05, 0) is 42.5 Å². The van der Waals surface area contributed by atoms with Crippen molar-refractivity contribution in [3.63, 3.8) is 0 Å². The number of carboxylic acids is 1. The molecule has 1 aliphatic carbocycles. The Kier molecular flexibility index (Phi) is 3.42. The molecule has 0 saturated heterocycles. The predicted octanol–water partition coefficient (Wildman–Crippen LogP) is 2.34. The summed E-state index contributed by atoms with van der Waals surface area (Å²) < 4.78 is 0. The molecule has 1 fully saturated rings. The van der Waals surface area contributed by atoms with Crippen LogP contribution in [0.25, 0.3) is 0 Å². The van der Waals surface area contributed by atoms with Crippen molar-refractivity contribution in [2.24, 2.45) is 11.8 Å². The zero-order valence-corrected chi connectivity index (χ0v) is 11.8. The summed E-state index contributed by atoms with van der Waals surface area (Å²) in [5.41, 5.74) is 2.30. The van der Waals surface area contributed by atoms with Crippen LogP contribution >= 0.6 is 11.6 Å². The first-order valence-corrected chi connectivity index (χ1v) is 7.23. The maximum Gasteiger partial charge on any atom is 0.307 e. The van der Waals surface area contributed by atoms with Crippen LogP contribution in [0, 0.1) is 11.8 Å². The summed E-state index contributed by atoms with van der Waals surface area (Å²) in [6.07, 6.45) is 2.09. The molecular weight excluding hydrogens is 278 g/mol. The Labute approximate surface area is 122 Å². The third-order valence-corrected chi connectivity index (χ3v) is 4.64. The minimum Gasteiger partial charge on any atom is -0.481 e. The number of aliphatic carboxylic acids is 1. The van der Waals surface area contributed by atoms with Crippen molar-refractivity contribution in [2.75, 3.05) is 6.54 Å². The van der Waals surface area contributed by atoms with Crippen LogP contribution in [0.4, 0.5) is 0 Å². The third kappa shape index (κ3) is 2.29. The first kappa shape index (κ1) is 13.4. The predicted molar refractivity (Wildman–Crippen MR) is 74.4 cm³/mol. The van der Waals surface area contributed by atoms with Crippen LogP contribution in [0.3, 0.4) is 0 Å². The Morgan fingerprint density at radius 2 is 1.95 bits per heavy atom. The Bertz CT molecular complexity index is 572. The van der Waals surface area contributed by atoms with Crippen LogP contribution in [0.5, 0.6) is 0 Å². The SMILES string of the molecule is O=C(O)C1CCC1C(=O)N1CCc2cc(Cl)ccc2C1. The minimum atomic E-state index is -0.848. The molecule has 1 heterocycles. The first-order chi connectivity index (χ1) is 9.56. The molecule has 0 radical (unpaired) electrons. The molecule has 2 atom stereocenters. The number of rotatable bonds is 2. The highest BCUT2D eigenvalue weighted by atomic mass is 35.5. The van der Waals surface area contributed by atoms with Crippen LogP contribution in [0.15, 0.2) is 18.2 Å². The van der Waals surface area contributed by atoms with Gasteiger partial charge in [0.05, 0.1) is 11.8 Å². The molecule has 0 aromatic heterocycles. The normalized spacial score (nSPS) is 24.8. The van der Waals surface area contributed by atoms with Crippen LogP contribution in [-0.2, 0) is 22.6 Å². The molecule has 106 valence electrons. The summed E-state index contributed by atoms with van der Waals surface area (Å²) in [7, 11) is 0. The first-order valence-electron chi connectivity index (χ1n) is 6.85. The number of hydrogen-bond acceptors (Lipinski definition) is 2. The summed E-state index contributed by atoms with van der Waals surface area (Å²) in [5.74, 6) is -1.68. The monoisotopic (exact) mass is 293 g/mol. The van der Waals surface area contributed by atoms with Gasteiger partial charge >= 0.3 is 5.97 Å². The second-order valence-electron chi connectivity index (χ2n) is 5.55. The van der Waals surface area contributed by atoms with E-state index >= 15 is 0 Å². The molecule has 1 aromatic carbocycles. The van der Waals surface area contributed by atoms with Gasteiger partial charge in [-0.1, -0.05) is 17.7 Å². The lowest BCUT2D eigenvalue weighted by Gasteiger charge is -2.38. The number of nitrogens with zero attached hydrogens (tertiary/aromatic N) is 1. The average molecular weight is 294 g/mol. The van der Waals surface area contributed by atoms with Crippen LogP contribution in [0.1, 0.15) is 24.0 Å². The van der Waals surface area contributed by atoms with Gasteiger partial charge in [-0.25, -0.2) is 0 Å². The van der Waals surface area contributed by atoms with Crippen molar-refractivity contribution in [2.45, 2.75) is 25.8 Å². The summed E-state index contributed by atoms with van der Waals surface area (Å²) >= 11 is 5.97. The van der Waals surface area contributed by atoms with E-state index in [-0.39, 0.29) is 11.8 Å². The van der Waals surface area contributed by atoms with Crippen molar-refractivity contribution in [1.82, 2.24) is 4.90 Å². The number of halogens is 1. The second-order valence-corrected chi connectivity index (χ2v) is 5.99. The molecular formula is C15H16ClNO3. The van der Waals surface area contributed by atoms with Crippen LogP contribution < -0.4 is 0 Å². The molecule has 1 aromatic rings. The highest BCUT2D eigenvalue weighted by Gasteiger charge is 2.43. The van der Waals surface area contributed by atoms with E-state index in [1.807, 2.05) is 18.2 Å². The van der Waals surface area contributed by atoms with Crippen molar-refractivity contribution < 1.29 is 14.7 Å². The molecule has 1 saturated carbocycles. The van der Waals surface area contributed by atoms with E-state index in [4.69, 9.17) is 16.7 Å². The summed E-state index contributed by atoms with van der Waals surface area (Å²) in [6.45, 7) is 1.21. The van der Waals surface area contributed by atoms with Crippen molar-refractivity contribution in [3.8, 4) is 0 Å². The van der Waals surface area contributed by atoms with Gasteiger partial charge in [0.15, 0.2) is 0 Å². The Morgan fingerprint density at radius 1 is 1.20 bits per heavy atom. The fourth-order valence-electron chi connectivity index (χ4n) is 3.04. The van der Waals surface area contributed by atoms with Gasteiger partial charge < -0.3 is 10.0 Å². The zero-order valence-electron chi connectivity index (χ0n) is 11.0. The molecule has 5 heteroatoms. The molecule has 3 rings (SSSR count). The molecule has 2 aliphatic rings. The van der Waals surface area contributed by atoms with Gasteiger partial charge in [0.2, 0.25) is 5.91 Å². The maximum atomic E-state index is 12.4. The van der Waals surface area contributed by atoms with Gasteiger partial charge in [0.1, 0.15) is 0 Å². The number of fused-ring (bicyclic) bond motifs is 1. The summed E-state index contributed by atoms with van der Waals surface area (Å²) in [4.78, 5) is 25.2. The fourth-order valence-corrected chi connectivity index (χ4v) is 3.23. The molecule has 0 bridgehead atoms. The number of amides is 1. The molecule has 1 amide bonds. The highest BCUT2D eigenvalue weighted by molar-refractivity contribution is 6.30. The summed E-state index contributed by atoms with van der Waals surface area (Å²) in [6, 6.07) is 5.73. The minimum absolute atomic E-state index is 0.00995. The lowest BCUT2D eigenvalue weighted by atomic mass is 9.72. The summed E-state index contributed by atoms with van der Waals surface area (Å²) in [5, 5.41) is 9.77. The smallest absolute Gasteiger partial charge is 0.307 e. The Hall–Kier alpha value is -1.55. The van der Waals surface area contributed by atoms with Gasteiger partial charge in [-0.15, -0.1) is 0 Å². The zero-order chi connectivity index (χ0) is 14.3. The average Bonchev–Trinajstić information content (AvgIpc) is 2.36. The van der Waals surface area contributed by atoms with Crippen molar-refractivity contribution >= 4 is 23.5 Å². The van der Waals surface area contributed by atoms with Crippen molar-refractivity contribution in [1.29, 1.82) is 0 Å². The lowest BCUT2D eigenvalue weighted by molar-refractivity contribution is -0.157. The van der Waals surface area contributed by atoms with E-state index in [9.17, 15) is 9.59 Å². The number of carbonyl (C=O) groups is 2. The van der Waals surface area contributed by atoms with Crippen LogP contribution in [0.2, 0.25) is 5.02 Å². The van der Waals surface area contributed by atoms with Crippen LogP contribution in [-0.4, -0.2) is 28.4 Å². The van der Waals surface area contributed by atoms with Gasteiger partial charge in [0.25, 0.3) is 0 Å². The van der Waals surface area contributed by atoms with E-state index in [0.717, 1.165) is 12.0 Å². The largest absolute Gasteiger partial charge is 0.481 e. The lowest BCUT2D eigenvalue weighted by Crippen LogP contribution is -2.47. The topological polar surface area (TPSA) is 57.6 Å². The molecule has 1 aliphatic heterocycles. The number of hydrogen-bond donors (Lipinski definition) is 1. The van der Waals surface area contributed by atoms with E-state index in [0.29, 0.717) is 31.0 Å². The van der Waals surface area contributed by atoms with E-state index in [1.54, 1.807) is 4.90 Å². The van der Waals surface area contributed by atoms with Gasteiger partial charge in [-0.2, -0.15) is 0 Å². The standard InChI is InChI=1S/C15H16ClNO3/c16-11-2-1-10-8-17(6-5-9(10)7-11)14(18)12-3-4-13(12)15(19)20/h1-2,7,12-13H,3-6,8H2,(H,19,20). The second kappa shape index (κ2) is 5.09. The molecule has 2 unspecified atom stereocenters. The fraction of sp³-hybridized carbons (Fsp3) is 0.467. The van der Waals surface area contributed by atoms with Gasteiger partial charge in [-0.3, -0.25) is 9.59 Å². The molecule has 1 N–H and O–H groups in total. The van der Waals surface area contributed by atoms with E-state index in [1.165, 1.54) is 5.56 Å². The molecule has 4 nitrogen and oxygen atoms in total. The van der Waals surface area contributed by atoms with E-state index < -0.39 is 11.9 Å². The van der Waals surface area contributed by atoms with E-state index in [2.05, 4.69) is 0 Å². The molecule has 20 heavy (non-hydrogen) atoms. The quantitative estimate of drug-likeness (QED) is 0.910. The number of benzene rings is 1. The Balaban J connectivity index is 1.72. The van der Waals surface area contributed by atoms with Crippen molar-refractivity contribution in [3.05, 3.63) is 34.3 Å². The Morgan fingerprint density at radius 3 is 2.60 bits per heavy atom. The third-order valence-electron chi connectivity index (χ3n) is 4.40. The highest BCUT2D eigenvalue weighted by Crippen LogP contribution is 2.37.